The van der Waals surface area contributed by atoms with Crippen molar-refractivity contribution in [2.45, 2.75) is 32.0 Å². The summed E-state index contributed by atoms with van der Waals surface area (Å²) in [5, 5.41) is 21.5. The number of aliphatic hydroxyl groups excluding tert-OH is 1. The van der Waals surface area contributed by atoms with Gasteiger partial charge in [-0.25, -0.2) is 9.78 Å². The molecule has 0 spiro atoms. The lowest BCUT2D eigenvalue weighted by Crippen LogP contribution is -2.45. The normalized spacial score (nSPS) is 19.8. The molecule has 3 N–H and O–H groups in total. The highest BCUT2D eigenvalue weighted by atomic mass is 32.1. The Morgan fingerprint density at radius 1 is 1.36 bits per heavy atom. The molecule has 1 aromatic carbocycles. The van der Waals surface area contributed by atoms with Crippen molar-refractivity contribution in [3.8, 4) is 10.4 Å². The van der Waals surface area contributed by atoms with E-state index in [0.29, 0.717) is 6.54 Å². The molecule has 25 heavy (non-hydrogen) atoms. The third kappa shape index (κ3) is 3.80. The van der Waals surface area contributed by atoms with E-state index >= 15 is 0 Å². The van der Waals surface area contributed by atoms with Crippen LogP contribution in [0, 0.1) is 6.92 Å². The maximum absolute atomic E-state index is 12.2. The number of hydrogen-bond acceptors (Lipinski definition) is 5. The molecule has 0 saturated carbocycles. The van der Waals surface area contributed by atoms with Crippen molar-refractivity contribution in [1.82, 2.24) is 15.2 Å². The smallest absolute Gasteiger partial charge is 0.408 e. The molecule has 8 heteroatoms. The van der Waals surface area contributed by atoms with E-state index in [9.17, 15) is 14.7 Å². The fourth-order valence-electron chi connectivity index (χ4n) is 2.93. The van der Waals surface area contributed by atoms with Gasteiger partial charge < -0.3 is 15.5 Å². The maximum atomic E-state index is 12.2. The fourth-order valence-corrected chi connectivity index (χ4v) is 3.75. The van der Waals surface area contributed by atoms with Gasteiger partial charge in [0.1, 0.15) is 6.04 Å². The van der Waals surface area contributed by atoms with Crippen LogP contribution in [0.3, 0.4) is 0 Å². The Labute approximate surface area is 148 Å². The molecule has 3 rings (SSSR count). The Morgan fingerprint density at radius 3 is 2.68 bits per heavy atom. The number of nitrogens with zero attached hydrogens (tertiary/aromatic N) is 2. The SMILES string of the molecule is Cc1ncsc1-c1ccc(CNC(=O)[C@H]2CC(O)CN2C(=O)O)cc1. The number of benzene rings is 1. The van der Waals surface area contributed by atoms with Gasteiger partial charge in [0, 0.05) is 13.0 Å². The van der Waals surface area contributed by atoms with Gasteiger partial charge in [-0.2, -0.15) is 0 Å². The molecular weight excluding hydrogens is 342 g/mol. The number of carboxylic acid groups (broad SMARTS) is 1. The van der Waals surface area contributed by atoms with Gasteiger partial charge in [0.25, 0.3) is 0 Å². The summed E-state index contributed by atoms with van der Waals surface area (Å²) >= 11 is 1.58. The summed E-state index contributed by atoms with van der Waals surface area (Å²) in [6.07, 6.45) is -1.86. The lowest BCUT2D eigenvalue weighted by atomic mass is 10.1. The Kier molecular flexibility index (Phi) is 5.00. The number of hydrogen-bond donors (Lipinski definition) is 3. The van der Waals surface area contributed by atoms with E-state index in [0.717, 1.165) is 26.6 Å². The molecule has 1 saturated heterocycles. The van der Waals surface area contributed by atoms with E-state index in [1.807, 2.05) is 36.7 Å². The topological polar surface area (TPSA) is 103 Å². The molecule has 0 aliphatic carbocycles. The average molecular weight is 361 g/mol. The van der Waals surface area contributed by atoms with Gasteiger partial charge in [0.15, 0.2) is 0 Å². The number of aromatic nitrogens is 1. The largest absolute Gasteiger partial charge is 0.465 e. The van der Waals surface area contributed by atoms with Crippen molar-refractivity contribution >= 4 is 23.3 Å². The van der Waals surface area contributed by atoms with E-state index < -0.39 is 18.2 Å². The number of aliphatic hydroxyl groups is 1. The van der Waals surface area contributed by atoms with Crippen LogP contribution in [0.2, 0.25) is 0 Å². The summed E-state index contributed by atoms with van der Waals surface area (Å²) in [4.78, 5) is 29.7. The summed E-state index contributed by atoms with van der Waals surface area (Å²) < 4.78 is 0. The number of carbonyl (C=O) groups excluding carboxylic acids is 1. The number of carbonyl (C=O) groups is 2. The van der Waals surface area contributed by atoms with Crippen molar-refractivity contribution in [2.24, 2.45) is 0 Å². The number of rotatable bonds is 4. The van der Waals surface area contributed by atoms with Crippen LogP contribution in [-0.4, -0.2) is 50.8 Å². The van der Waals surface area contributed by atoms with Crippen LogP contribution in [0.5, 0.6) is 0 Å². The predicted molar refractivity (Wildman–Crippen MR) is 93.3 cm³/mol. The van der Waals surface area contributed by atoms with E-state index in [-0.39, 0.29) is 18.9 Å². The van der Waals surface area contributed by atoms with E-state index in [4.69, 9.17) is 5.11 Å². The first-order valence-corrected chi connectivity index (χ1v) is 8.78. The minimum absolute atomic E-state index is 0.0314. The minimum atomic E-state index is -1.19. The van der Waals surface area contributed by atoms with E-state index in [2.05, 4.69) is 10.3 Å². The number of likely N-dealkylation sites (tertiary alicyclic amines) is 1. The fraction of sp³-hybridized carbons (Fsp3) is 0.353. The predicted octanol–water partition coefficient (Wildman–Crippen LogP) is 1.85. The standard InChI is InChI=1S/C17H19N3O4S/c1-10-15(25-9-19-10)12-4-2-11(3-5-12)7-18-16(22)14-6-13(21)8-20(14)17(23)24/h2-5,9,13-14,21H,6-8H2,1H3,(H,18,22)(H,23,24)/t13?,14-/m1/s1. The molecule has 7 nitrogen and oxygen atoms in total. The molecule has 1 unspecified atom stereocenters. The van der Waals surface area contributed by atoms with Crippen LogP contribution in [0.15, 0.2) is 29.8 Å². The molecule has 132 valence electrons. The molecular formula is C17H19N3O4S. The summed E-state index contributed by atoms with van der Waals surface area (Å²) in [6, 6.07) is 6.96. The molecule has 2 atom stereocenters. The van der Waals surface area contributed by atoms with Crippen molar-refractivity contribution in [2.75, 3.05) is 6.54 Å². The quantitative estimate of drug-likeness (QED) is 0.771. The highest BCUT2D eigenvalue weighted by molar-refractivity contribution is 7.13. The third-order valence-corrected chi connectivity index (χ3v) is 5.23. The molecule has 2 aromatic rings. The van der Waals surface area contributed by atoms with Gasteiger partial charge in [-0.1, -0.05) is 24.3 Å². The molecule has 1 fully saturated rings. The van der Waals surface area contributed by atoms with E-state index in [1.165, 1.54) is 0 Å². The van der Waals surface area contributed by atoms with Crippen molar-refractivity contribution in [3.63, 3.8) is 0 Å². The highest BCUT2D eigenvalue weighted by Gasteiger charge is 2.38. The number of β-amino-alcohol motifs (C(OH)–C–C–N with tert-alkyl or cyclic N) is 1. The minimum Gasteiger partial charge on any atom is -0.465 e. The van der Waals surface area contributed by atoms with Crippen LogP contribution in [0.25, 0.3) is 10.4 Å². The molecule has 1 aliphatic rings. The summed E-state index contributed by atoms with van der Waals surface area (Å²) in [6.45, 7) is 2.24. The molecule has 2 amide bonds. The Hall–Kier alpha value is -2.45. The number of nitrogens with one attached hydrogen (secondary N) is 1. The van der Waals surface area contributed by atoms with Crippen LogP contribution in [-0.2, 0) is 11.3 Å². The molecule has 0 bridgehead atoms. The number of amides is 2. The van der Waals surface area contributed by atoms with Crippen molar-refractivity contribution < 1.29 is 19.8 Å². The maximum Gasteiger partial charge on any atom is 0.408 e. The van der Waals surface area contributed by atoms with Crippen LogP contribution >= 0.6 is 11.3 Å². The zero-order valence-corrected chi connectivity index (χ0v) is 14.5. The second-order valence-electron chi connectivity index (χ2n) is 6.02. The lowest BCUT2D eigenvalue weighted by Gasteiger charge is -2.20. The average Bonchev–Trinajstić information content (AvgIpc) is 3.19. The van der Waals surface area contributed by atoms with Gasteiger partial charge >= 0.3 is 6.09 Å². The van der Waals surface area contributed by atoms with Crippen molar-refractivity contribution in [1.29, 1.82) is 0 Å². The highest BCUT2D eigenvalue weighted by Crippen LogP contribution is 2.27. The first-order chi connectivity index (χ1) is 12.0. The first-order valence-electron chi connectivity index (χ1n) is 7.90. The zero-order valence-electron chi connectivity index (χ0n) is 13.7. The Morgan fingerprint density at radius 2 is 2.08 bits per heavy atom. The summed E-state index contributed by atoms with van der Waals surface area (Å²) in [5.74, 6) is -0.388. The van der Waals surface area contributed by atoms with Crippen LogP contribution in [0.4, 0.5) is 4.79 Å². The number of aryl methyl sites for hydroxylation is 1. The van der Waals surface area contributed by atoms with Gasteiger partial charge in [-0.3, -0.25) is 9.69 Å². The summed E-state index contributed by atoms with van der Waals surface area (Å²) in [5.41, 5.74) is 4.79. The lowest BCUT2D eigenvalue weighted by molar-refractivity contribution is -0.125. The van der Waals surface area contributed by atoms with Gasteiger partial charge in [0.2, 0.25) is 5.91 Å². The molecule has 0 radical (unpaired) electrons. The molecule has 2 heterocycles. The second kappa shape index (κ2) is 7.20. The zero-order chi connectivity index (χ0) is 18.0. The summed E-state index contributed by atoms with van der Waals surface area (Å²) in [7, 11) is 0. The van der Waals surface area contributed by atoms with Gasteiger partial charge in [-0.15, -0.1) is 11.3 Å². The van der Waals surface area contributed by atoms with E-state index in [1.54, 1.807) is 11.3 Å². The Balaban J connectivity index is 1.61. The molecule has 1 aliphatic heterocycles. The van der Waals surface area contributed by atoms with Gasteiger partial charge in [0.05, 0.1) is 28.7 Å². The van der Waals surface area contributed by atoms with Crippen LogP contribution in [0.1, 0.15) is 17.7 Å². The number of thiazole rings is 1. The second-order valence-corrected chi connectivity index (χ2v) is 6.88. The third-order valence-electron chi connectivity index (χ3n) is 4.26. The first kappa shape index (κ1) is 17.4. The van der Waals surface area contributed by atoms with Crippen molar-refractivity contribution in [3.05, 3.63) is 41.0 Å². The monoisotopic (exact) mass is 361 g/mol. The molecule has 1 aromatic heterocycles. The van der Waals surface area contributed by atoms with Crippen LogP contribution < -0.4 is 5.32 Å². The van der Waals surface area contributed by atoms with Gasteiger partial charge in [-0.05, 0) is 18.1 Å². The Bertz CT molecular complexity index is 774.